The first-order valence-electron chi connectivity index (χ1n) is 10.7. The van der Waals surface area contributed by atoms with Gasteiger partial charge in [0.1, 0.15) is 0 Å². The molecule has 164 valence electrons. The molecule has 0 saturated carbocycles. The molecule has 1 aliphatic heterocycles. The number of esters is 1. The van der Waals surface area contributed by atoms with Gasteiger partial charge in [-0.1, -0.05) is 34.1 Å². The first-order chi connectivity index (χ1) is 13.1. The van der Waals surface area contributed by atoms with Crippen molar-refractivity contribution in [1.29, 1.82) is 0 Å². The SMILES string of the molecule is CCCCOC(=O)CCCSCCN1C(=O)CC[C@@H]1CO[Si](C)(C)C(C)(C)C. The summed E-state index contributed by atoms with van der Waals surface area (Å²) in [7, 11) is -1.78. The summed E-state index contributed by atoms with van der Waals surface area (Å²) in [4.78, 5) is 25.8. The van der Waals surface area contributed by atoms with Crippen LogP contribution in [0.15, 0.2) is 0 Å². The van der Waals surface area contributed by atoms with Crippen LogP contribution in [0, 0.1) is 0 Å². The monoisotopic (exact) mass is 431 g/mol. The predicted molar refractivity (Wildman–Crippen MR) is 120 cm³/mol. The summed E-state index contributed by atoms with van der Waals surface area (Å²) in [6, 6.07) is 0.218. The van der Waals surface area contributed by atoms with Crippen molar-refractivity contribution < 1.29 is 18.8 Å². The highest BCUT2D eigenvalue weighted by atomic mass is 32.2. The van der Waals surface area contributed by atoms with Crippen LogP contribution in [-0.2, 0) is 18.8 Å². The second kappa shape index (κ2) is 12.2. The van der Waals surface area contributed by atoms with Crippen molar-refractivity contribution in [2.24, 2.45) is 0 Å². The third-order valence-electron chi connectivity index (χ3n) is 5.80. The summed E-state index contributed by atoms with van der Waals surface area (Å²) >= 11 is 1.81. The van der Waals surface area contributed by atoms with Crippen LogP contribution in [0.5, 0.6) is 0 Å². The maximum absolute atomic E-state index is 12.3. The number of carbonyl (C=O) groups excluding carboxylic acids is 2. The van der Waals surface area contributed by atoms with Gasteiger partial charge in [0, 0.05) is 25.1 Å². The summed E-state index contributed by atoms with van der Waals surface area (Å²) in [6.07, 6.45) is 4.84. The largest absolute Gasteiger partial charge is 0.466 e. The fourth-order valence-corrected chi connectivity index (χ4v) is 4.70. The van der Waals surface area contributed by atoms with Crippen LogP contribution in [0.25, 0.3) is 0 Å². The molecule has 1 saturated heterocycles. The molecule has 0 aromatic carbocycles. The smallest absolute Gasteiger partial charge is 0.305 e. The second-order valence-corrected chi connectivity index (χ2v) is 15.2. The molecule has 0 N–H and O–H groups in total. The first-order valence-corrected chi connectivity index (χ1v) is 14.8. The Morgan fingerprint density at radius 2 is 1.96 bits per heavy atom. The standard InChI is InChI=1S/C21H41NO4SSi/c1-7-8-14-25-20(24)10-9-15-27-16-13-22-18(11-12-19(22)23)17-26-28(5,6)21(2,3)4/h18H,7-17H2,1-6H3/t18-/m1/s1. The first kappa shape index (κ1) is 25.5. The normalized spacial score (nSPS) is 18.0. The number of hydrogen-bond donors (Lipinski definition) is 0. The van der Waals surface area contributed by atoms with E-state index < -0.39 is 8.32 Å². The summed E-state index contributed by atoms with van der Waals surface area (Å²) in [5, 5.41) is 0.188. The third kappa shape index (κ3) is 8.87. The van der Waals surface area contributed by atoms with Gasteiger partial charge in [-0.3, -0.25) is 9.59 Å². The molecule has 1 heterocycles. The van der Waals surface area contributed by atoms with Crippen molar-refractivity contribution >= 4 is 32.0 Å². The van der Waals surface area contributed by atoms with Crippen molar-refractivity contribution in [3.8, 4) is 0 Å². The number of hydrogen-bond acceptors (Lipinski definition) is 5. The van der Waals surface area contributed by atoms with Gasteiger partial charge < -0.3 is 14.1 Å². The highest BCUT2D eigenvalue weighted by Gasteiger charge is 2.39. The number of likely N-dealkylation sites (tertiary alicyclic amines) is 1. The molecule has 0 spiro atoms. The third-order valence-corrected chi connectivity index (χ3v) is 11.4. The lowest BCUT2D eigenvalue weighted by Crippen LogP contribution is -2.45. The van der Waals surface area contributed by atoms with E-state index in [9.17, 15) is 9.59 Å². The van der Waals surface area contributed by atoms with Crippen molar-refractivity contribution in [3.05, 3.63) is 0 Å². The molecule has 1 atom stereocenters. The van der Waals surface area contributed by atoms with E-state index in [1.807, 2.05) is 16.7 Å². The molecular formula is C21H41NO4SSi. The zero-order chi connectivity index (χ0) is 21.2. The average Bonchev–Trinajstić information content (AvgIpc) is 2.95. The quantitative estimate of drug-likeness (QED) is 0.237. The average molecular weight is 432 g/mol. The molecule has 0 aliphatic carbocycles. The van der Waals surface area contributed by atoms with Gasteiger partial charge in [-0.2, -0.15) is 11.8 Å². The van der Waals surface area contributed by atoms with E-state index in [-0.39, 0.29) is 23.0 Å². The molecule has 28 heavy (non-hydrogen) atoms. The fraction of sp³-hybridized carbons (Fsp3) is 0.905. The van der Waals surface area contributed by atoms with Gasteiger partial charge in [-0.05, 0) is 43.1 Å². The molecule has 7 heteroatoms. The van der Waals surface area contributed by atoms with E-state index in [2.05, 4.69) is 40.8 Å². The van der Waals surface area contributed by atoms with Crippen molar-refractivity contribution in [1.82, 2.24) is 4.90 Å². The fourth-order valence-electron chi connectivity index (χ4n) is 2.78. The molecule has 0 radical (unpaired) electrons. The number of rotatable bonds is 13. The number of nitrogens with zero attached hydrogens (tertiary/aromatic N) is 1. The van der Waals surface area contributed by atoms with E-state index in [0.717, 1.165) is 43.7 Å². The highest BCUT2D eigenvalue weighted by Crippen LogP contribution is 2.37. The van der Waals surface area contributed by atoms with E-state index in [1.165, 1.54) is 0 Å². The Kier molecular flexibility index (Phi) is 11.1. The lowest BCUT2D eigenvalue weighted by Gasteiger charge is -2.38. The van der Waals surface area contributed by atoms with E-state index in [4.69, 9.17) is 9.16 Å². The van der Waals surface area contributed by atoms with E-state index in [0.29, 0.717) is 26.1 Å². The van der Waals surface area contributed by atoms with Crippen LogP contribution in [0.2, 0.25) is 18.1 Å². The zero-order valence-electron chi connectivity index (χ0n) is 18.8. The maximum atomic E-state index is 12.3. The number of carbonyl (C=O) groups is 2. The van der Waals surface area contributed by atoms with E-state index in [1.54, 1.807) is 0 Å². The van der Waals surface area contributed by atoms with Gasteiger partial charge >= 0.3 is 5.97 Å². The molecule has 1 amide bonds. The Labute approximate surface area is 177 Å². The number of amides is 1. The van der Waals surface area contributed by atoms with E-state index >= 15 is 0 Å². The summed E-state index contributed by atoms with van der Waals surface area (Å²) in [5.41, 5.74) is 0. The molecular weight excluding hydrogens is 390 g/mol. The lowest BCUT2D eigenvalue weighted by atomic mass is 10.2. The van der Waals surface area contributed by atoms with Crippen molar-refractivity contribution in [2.75, 3.05) is 31.3 Å². The van der Waals surface area contributed by atoms with Gasteiger partial charge in [0.2, 0.25) is 5.91 Å². The van der Waals surface area contributed by atoms with Gasteiger partial charge in [-0.15, -0.1) is 0 Å². The Balaban J connectivity index is 2.25. The van der Waals surface area contributed by atoms with Crippen LogP contribution in [0.1, 0.15) is 66.2 Å². The Morgan fingerprint density at radius 1 is 1.25 bits per heavy atom. The zero-order valence-corrected chi connectivity index (χ0v) is 20.7. The predicted octanol–water partition coefficient (Wildman–Crippen LogP) is 4.86. The molecule has 0 bridgehead atoms. The van der Waals surface area contributed by atoms with Crippen molar-refractivity contribution in [3.63, 3.8) is 0 Å². The minimum Gasteiger partial charge on any atom is -0.466 e. The Morgan fingerprint density at radius 3 is 2.61 bits per heavy atom. The lowest BCUT2D eigenvalue weighted by molar-refractivity contribution is -0.143. The van der Waals surface area contributed by atoms with Crippen LogP contribution >= 0.6 is 11.8 Å². The van der Waals surface area contributed by atoms with Gasteiger partial charge in [0.25, 0.3) is 0 Å². The number of unbranched alkanes of at least 4 members (excludes halogenated alkanes) is 1. The molecule has 0 unspecified atom stereocenters. The van der Waals surface area contributed by atoms with Crippen LogP contribution < -0.4 is 0 Å². The molecule has 1 fully saturated rings. The Bertz CT molecular complexity index is 493. The molecule has 1 aliphatic rings. The number of thioether (sulfide) groups is 1. The van der Waals surface area contributed by atoms with Gasteiger partial charge in [-0.25, -0.2) is 0 Å². The van der Waals surface area contributed by atoms with Crippen molar-refractivity contribution in [2.45, 2.75) is 90.4 Å². The maximum Gasteiger partial charge on any atom is 0.305 e. The van der Waals surface area contributed by atoms with Crippen LogP contribution in [-0.4, -0.2) is 62.4 Å². The molecule has 1 rings (SSSR count). The number of ether oxygens (including phenoxy) is 1. The minimum atomic E-state index is -1.78. The summed E-state index contributed by atoms with van der Waals surface area (Å²) in [6.45, 7) is 15.3. The highest BCUT2D eigenvalue weighted by molar-refractivity contribution is 7.99. The van der Waals surface area contributed by atoms with Crippen LogP contribution in [0.3, 0.4) is 0 Å². The van der Waals surface area contributed by atoms with Gasteiger partial charge in [0.15, 0.2) is 8.32 Å². The van der Waals surface area contributed by atoms with Crippen LogP contribution in [0.4, 0.5) is 0 Å². The van der Waals surface area contributed by atoms with Gasteiger partial charge in [0.05, 0.1) is 19.3 Å². The molecule has 5 nitrogen and oxygen atoms in total. The molecule has 0 aromatic heterocycles. The summed E-state index contributed by atoms with van der Waals surface area (Å²) < 4.78 is 11.5. The second-order valence-electron chi connectivity index (χ2n) is 9.14. The molecule has 0 aromatic rings. The topological polar surface area (TPSA) is 55.8 Å². The minimum absolute atomic E-state index is 0.0911. The summed E-state index contributed by atoms with van der Waals surface area (Å²) in [5.74, 6) is 2.00. The Hall–Kier alpha value is -0.533.